The molecule has 0 atom stereocenters. The van der Waals surface area contributed by atoms with E-state index in [9.17, 15) is 22.8 Å². The molecular weight excluding hydrogens is 579 g/mol. The lowest BCUT2D eigenvalue weighted by atomic mass is 10.1. The number of alkyl halides is 3. The van der Waals surface area contributed by atoms with Gasteiger partial charge in [-0.1, -0.05) is 54.1 Å². The van der Waals surface area contributed by atoms with Crippen LogP contribution in [0.2, 0.25) is 5.02 Å². The minimum Gasteiger partial charge on any atom is -0.337 e. The number of hydrogen-bond acceptors (Lipinski definition) is 4. The summed E-state index contributed by atoms with van der Waals surface area (Å²) in [5.41, 5.74) is 0.925. The van der Waals surface area contributed by atoms with Gasteiger partial charge in [0.05, 0.1) is 22.7 Å². The van der Waals surface area contributed by atoms with E-state index in [2.05, 4.69) is 15.4 Å². The zero-order valence-electron chi connectivity index (χ0n) is 22.2. The SMILES string of the molecule is O=C(Cn1cc(C=Nn2c(-c3cccc(C(F)(F)F)c3)nc3ccccc3c2=O)c2ccccc21)Nc1ccc(Cl)cc1. The molecule has 43 heavy (non-hydrogen) atoms. The topological polar surface area (TPSA) is 81.3 Å². The molecule has 0 spiro atoms. The number of carbonyl (C=O) groups is 1. The van der Waals surface area contributed by atoms with Crippen LogP contribution in [0.3, 0.4) is 0 Å². The lowest BCUT2D eigenvalue weighted by molar-refractivity contribution is -0.137. The van der Waals surface area contributed by atoms with Crippen LogP contribution in [0, 0.1) is 0 Å². The molecule has 6 aromatic rings. The molecule has 7 nitrogen and oxygen atoms in total. The summed E-state index contributed by atoms with van der Waals surface area (Å²) in [7, 11) is 0. The number of halogens is 4. The maximum absolute atomic E-state index is 13.6. The fourth-order valence-corrected chi connectivity index (χ4v) is 4.90. The van der Waals surface area contributed by atoms with Gasteiger partial charge in [0.2, 0.25) is 5.91 Å². The molecule has 0 fully saturated rings. The Morgan fingerprint density at radius 3 is 2.42 bits per heavy atom. The van der Waals surface area contributed by atoms with Crippen molar-refractivity contribution < 1.29 is 18.0 Å². The first-order valence-electron chi connectivity index (χ1n) is 13.0. The van der Waals surface area contributed by atoms with Gasteiger partial charge in [0.1, 0.15) is 6.54 Å². The predicted molar refractivity (Wildman–Crippen MR) is 161 cm³/mol. The number of rotatable bonds is 6. The summed E-state index contributed by atoms with van der Waals surface area (Å²) in [6.07, 6.45) is -1.42. The third-order valence-corrected chi connectivity index (χ3v) is 7.03. The molecule has 0 aliphatic heterocycles. The van der Waals surface area contributed by atoms with Crippen LogP contribution < -0.4 is 10.9 Å². The Labute approximate surface area is 247 Å². The van der Waals surface area contributed by atoms with Gasteiger partial charge in [-0.2, -0.15) is 22.9 Å². The van der Waals surface area contributed by atoms with E-state index in [4.69, 9.17) is 11.6 Å². The Balaban J connectivity index is 1.41. The normalized spacial score (nSPS) is 11.9. The van der Waals surface area contributed by atoms with Crippen LogP contribution in [0.5, 0.6) is 0 Å². The number of hydrogen-bond donors (Lipinski definition) is 1. The second kappa shape index (κ2) is 11.2. The molecule has 1 amide bonds. The first-order chi connectivity index (χ1) is 20.7. The summed E-state index contributed by atoms with van der Waals surface area (Å²) < 4.78 is 43.3. The van der Waals surface area contributed by atoms with E-state index < -0.39 is 17.3 Å². The second-order valence-corrected chi connectivity index (χ2v) is 10.1. The van der Waals surface area contributed by atoms with E-state index >= 15 is 0 Å². The minimum absolute atomic E-state index is 0.00998. The highest BCUT2D eigenvalue weighted by molar-refractivity contribution is 6.30. The van der Waals surface area contributed by atoms with Gasteiger partial charge in [-0.05, 0) is 54.6 Å². The highest BCUT2D eigenvalue weighted by Crippen LogP contribution is 2.32. The van der Waals surface area contributed by atoms with Gasteiger partial charge in [0.15, 0.2) is 5.82 Å². The Morgan fingerprint density at radius 2 is 1.65 bits per heavy atom. The van der Waals surface area contributed by atoms with Gasteiger partial charge < -0.3 is 9.88 Å². The summed E-state index contributed by atoms with van der Waals surface area (Å²) >= 11 is 5.93. The van der Waals surface area contributed by atoms with Gasteiger partial charge in [0.25, 0.3) is 5.56 Å². The van der Waals surface area contributed by atoms with Crippen LogP contribution in [-0.2, 0) is 17.5 Å². The molecule has 11 heteroatoms. The van der Waals surface area contributed by atoms with E-state index in [-0.39, 0.29) is 29.2 Å². The molecule has 2 heterocycles. The quantitative estimate of drug-likeness (QED) is 0.205. The number of para-hydroxylation sites is 2. The summed E-state index contributed by atoms with van der Waals surface area (Å²) in [5.74, 6) is -0.314. The number of anilines is 1. The first kappa shape index (κ1) is 27.9. The average Bonchev–Trinajstić information content (AvgIpc) is 3.34. The molecular formula is C32H21ClF3N5O2. The van der Waals surface area contributed by atoms with Crippen LogP contribution in [0.15, 0.2) is 113 Å². The van der Waals surface area contributed by atoms with Gasteiger partial charge in [0, 0.05) is 38.9 Å². The molecule has 0 saturated heterocycles. The smallest absolute Gasteiger partial charge is 0.337 e. The van der Waals surface area contributed by atoms with Gasteiger partial charge >= 0.3 is 6.18 Å². The Morgan fingerprint density at radius 1 is 0.930 bits per heavy atom. The van der Waals surface area contributed by atoms with Gasteiger partial charge in [-0.25, -0.2) is 4.98 Å². The van der Waals surface area contributed by atoms with Crippen molar-refractivity contribution in [3.8, 4) is 11.4 Å². The number of amides is 1. The van der Waals surface area contributed by atoms with E-state index in [0.29, 0.717) is 21.8 Å². The largest absolute Gasteiger partial charge is 0.416 e. The van der Waals surface area contributed by atoms with E-state index in [1.54, 1.807) is 59.3 Å². The molecule has 2 aromatic heterocycles. The molecule has 0 radical (unpaired) electrons. The van der Waals surface area contributed by atoms with E-state index in [1.807, 2.05) is 24.3 Å². The second-order valence-electron chi connectivity index (χ2n) is 9.68. The van der Waals surface area contributed by atoms with Crippen molar-refractivity contribution in [3.63, 3.8) is 0 Å². The fraction of sp³-hybridized carbons (Fsp3) is 0.0625. The number of fused-ring (bicyclic) bond motifs is 2. The molecule has 0 bridgehead atoms. The highest BCUT2D eigenvalue weighted by atomic mass is 35.5. The van der Waals surface area contributed by atoms with Crippen molar-refractivity contribution in [1.82, 2.24) is 14.2 Å². The van der Waals surface area contributed by atoms with Crippen LogP contribution in [0.1, 0.15) is 11.1 Å². The molecule has 0 unspecified atom stereocenters. The van der Waals surface area contributed by atoms with Crippen LogP contribution in [0.4, 0.5) is 18.9 Å². The third-order valence-electron chi connectivity index (χ3n) is 6.78. The van der Waals surface area contributed by atoms with Crippen molar-refractivity contribution in [2.24, 2.45) is 5.10 Å². The molecule has 4 aromatic carbocycles. The molecule has 214 valence electrons. The highest BCUT2D eigenvalue weighted by Gasteiger charge is 2.31. The van der Waals surface area contributed by atoms with E-state index in [1.165, 1.54) is 18.3 Å². The van der Waals surface area contributed by atoms with Crippen molar-refractivity contribution in [2.45, 2.75) is 12.7 Å². The van der Waals surface area contributed by atoms with Crippen molar-refractivity contribution in [2.75, 3.05) is 5.32 Å². The summed E-state index contributed by atoms with van der Waals surface area (Å²) in [6, 6.07) is 25.3. The maximum Gasteiger partial charge on any atom is 0.416 e. The van der Waals surface area contributed by atoms with Crippen LogP contribution in [0.25, 0.3) is 33.2 Å². The van der Waals surface area contributed by atoms with Crippen LogP contribution >= 0.6 is 11.6 Å². The Bertz CT molecular complexity index is 2080. The number of nitrogens with zero attached hydrogens (tertiary/aromatic N) is 4. The number of benzene rings is 4. The van der Waals surface area contributed by atoms with Crippen molar-refractivity contribution >= 4 is 51.2 Å². The molecule has 0 saturated carbocycles. The predicted octanol–water partition coefficient (Wildman–Crippen LogP) is 7.21. The third kappa shape index (κ3) is 5.77. The monoisotopic (exact) mass is 599 g/mol. The lowest BCUT2D eigenvalue weighted by Gasteiger charge is -2.12. The zero-order valence-corrected chi connectivity index (χ0v) is 23.0. The molecule has 6 rings (SSSR count). The first-order valence-corrected chi connectivity index (χ1v) is 13.4. The Kier molecular flexibility index (Phi) is 7.29. The maximum atomic E-state index is 13.6. The zero-order chi connectivity index (χ0) is 30.1. The van der Waals surface area contributed by atoms with Crippen molar-refractivity contribution in [3.05, 3.63) is 130 Å². The summed E-state index contributed by atoms with van der Waals surface area (Å²) in [6.45, 7) is -0.00998. The molecule has 0 aliphatic carbocycles. The number of aromatic nitrogens is 3. The summed E-state index contributed by atoms with van der Waals surface area (Å²) in [5, 5.41) is 8.82. The Hall–Kier alpha value is -5.22. The van der Waals surface area contributed by atoms with Gasteiger partial charge in [-0.3, -0.25) is 9.59 Å². The minimum atomic E-state index is -4.58. The van der Waals surface area contributed by atoms with Crippen LogP contribution in [-0.4, -0.2) is 26.3 Å². The average molecular weight is 600 g/mol. The van der Waals surface area contributed by atoms with Crippen molar-refractivity contribution in [1.29, 1.82) is 0 Å². The van der Waals surface area contributed by atoms with Gasteiger partial charge in [-0.15, -0.1) is 0 Å². The number of carbonyl (C=O) groups excluding carboxylic acids is 1. The molecule has 0 aliphatic rings. The lowest BCUT2D eigenvalue weighted by Crippen LogP contribution is -2.20. The molecule has 1 N–H and O–H groups in total. The fourth-order valence-electron chi connectivity index (χ4n) is 4.77. The number of nitrogens with one attached hydrogen (secondary N) is 1. The standard InChI is InChI=1S/C32H21ClF3N5O2/c33-23-12-14-24(15-13-23)38-29(42)19-40-18-21(25-8-2-4-11-28(25)40)17-37-41-30(20-6-5-7-22(16-20)32(34,35)36)39-27-10-3-1-9-26(27)31(41)43/h1-18H,19H2,(H,38,42). The summed E-state index contributed by atoms with van der Waals surface area (Å²) in [4.78, 5) is 30.9. The van der Waals surface area contributed by atoms with E-state index in [0.717, 1.165) is 27.7 Å².